The van der Waals surface area contributed by atoms with E-state index in [0.29, 0.717) is 13.1 Å². The van der Waals surface area contributed by atoms with E-state index in [-0.39, 0.29) is 16.4 Å². The number of carbonyl (C=O) groups excluding carboxylic acids is 1. The van der Waals surface area contributed by atoms with Crippen LogP contribution < -0.4 is 5.43 Å². The first kappa shape index (κ1) is 18.6. The molecule has 0 saturated carbocycles. The summed E-state index contributed by atoms with van der Waals surface area (Å²) in [4.78, 5) is 12.4. The Morgan fingerprint density at radius 1 is 1.33 bits per heavy atom. The number of benzene rings is 1. The molecule has 1 heterocycles. The number of amides is 1. The van der Waals surface area contributed by atoms with Gasteiger partial charge in [0.05, 0.1) is 4.90 Å². The summed E-state index contributed by atoms with van der Waals surface area (Å²) >= 11 is 0. The topological polar surface area (TPSA) is 78.8 Å². The molecule has 1 fully saturated rings. The minimum atomic E-state index is -3.53. The first-order valence-corrected chi connectivity index (χ1v) is 9.75. The van der Waals surface area contributed by atoms with Gasteiger partial charge in [0, 0.05) is 24.4 Å². The molecular formula is C17H25N3O3S. The van der Waals surface area contributed by atoms with Crippen LogP contribution in [0.3, 0.4) is 0 Å². The third kappa shape index (κ3) is 4.21. The Bertz CT molecular complexity index is 722. The summed E-state index contributed by atoms with van der Waals surface area (Å²) in [5.41, 5.74) is 3.63. The van der Waals surface area contributed by atoms with Crippen molar-refractivity contribution in [2.75, 3.05) is 13.1 Å². The smallest absolute Gasteiger partial charge is 0.267 e. The maximum atomic E-state index is 12.6. The van der Waals surface area contributed by atoms with E-state index in [1.165, 1.54) is 16.4 Å². The fourth-order valence-corrected chi connectivity index (χ4v) is 4.05. The lowest BCUT2D eigenvalue weighted by atomic mass is 10.1. The van der Waals surface area contributed by atoms with Gasteiger partial charge >= 0.3 is 0 Å². The molecule has 0 unspecified atom stereocenters. The molecule has 0 aliphatic carbocycles. The Balaban J connectivity index is 2.16. The molecule has 7 heteroatoms. The van der Waals surface area contributed by atoms with Crippen LogP contribution in [0.15, 0.2) is 34.3 Å². The van der Waals surface area contributed by atoms with Crippen LogP contribution in [-0.4, -0.2) is 37.4 Å². The van der Waals surface area contributed by atoms with E-state index in [1.807, 2.05) is 13.8 Å². The van der Waals surface area contributed by atoms with Crippen LogP contribution in [-0.2, 0) is 10.0 Å². The quantitative estimate of drug-likeness (QED) is 0.632. The second kappa shape index (κ2) is 7.90. The van der Waals surface area contributed by atoms with Crippen LogP contribution in [0.25, 0.3) is 0 Å². The van der Waals surface area contributed by atoms with E-state index in [0.717, 1.165) is 25.0 Å². The Hall–Kier alpha value is -1.73. The summed E-state index contributed by atoms with van der Waals surface area (Å²) < 4.78 is 26.6. The molecule has 0 spiro atoms. The van der Waals surface area contributed by atoms with E-state index in [2.05, 4.69) is 17.5 Å². The maximum Gasteiger partial charge on any atom is 0.271 e. The predicted octanol–water partition coefficient (Wildman–Crippen LogP) is 2.62. The summed E-state index contributed by atoms with van der Waals surface area (Å²) in [6, 6.07) is 6.12. The van der Waals surface area contributed by atoms with Crippen molar-refractivity contribution >= 4 is 21.6 Å². The molecule has 1 saturated heterocycles. The number of nitrogens with one attached hydrogen (secondary N) is 1. The average molecular weight is 351 g/mol. The number of carbonyl (C=O) groups is 1. The molecule has 1 aliphatic rings. The van der Waals surface area contributed by atoms with Gasteiger partial charge in [0.1, 0.15) is 0 Å². The van der Waals surface area contributed by atoms with Crippen molar-refractivity contribution in [3.8, 4) is 0 Å². The van der Waals surface area contributed by atoms with Crippen LogP contribution >= 0.6 is 0 Å². The second-order valence-electron chi connectivity index (χ2n) is 6.14. The molecule has 1 atom stereocenters. The van der Waals surface area contributed by atoms with Crippen molar-refractivity contribution < 1.29 is 13.2 Å². The summed E-state index contributed by atoms with van der Waals surface area (Å²) in [6.45, 7) is 7.03. The Kier molecular flexibility index (Phi) is 6.12. The summed E-state index contributed by atoms with van der Waals surface area (Å²) in [5.74, 6) is -0.122. The van der Waals surface area contributed by atoms with Gasteiger partial charge < -0.3 is 0 Å². The summed E-state index contributed by atoms with van der Waals surface area (Å²) in [7, 11) is -3.53. The van der Waals surface area contributed by atoms with Gasteiger partial charge in [-0.05, 0) is 50.3 Å². The molecule has 24 heavy (non-hydrogen) atoms. The van der Waals surface area contributed by atoms with Gasteiger partial charge in [0.2, 0.25) is 10.0 Å². The van der Waals surface area contributed by atoms with Gasteiger partial charge in [0.25, 0.3) is 5.91 Å². The highest BCUT2D eigenvalue weighted by atomic mass is 32.2. The van der Waals surface area contributed by atoms with Gasteiger partial charge in [-0.25, -0.2) is 13.8 Å². The molecule has 0 aromatic heterocycles. The van der Waals surface area contributed by atoms with Gasteiger partial charge in [-0.2, -0.15) is 9.41 Å². The molecule has 0 bridgehead atoms. The first-order chi connectivity index (χ1) is 11.4. The van der Waals surface area contributed by atoms with E-state index in [1.54, 1.807) is 12.1 Å². The average Bonchev–Trinajstić information content (AvgIpc) is 3.14. The SMILES string of the molecule is CC[C@H](C)/C(C)=N\NC(=O)c1cccc(S(=O)(=O)N2CCCC2)c1. The highest BCUT2D eigenvalue weighted by molar-refractivity contribution is 7.89. The third-order valence-electron chi connectivity index (χ3n) is 4.46. The maximum absolute atomic E-state index is 12.6. The normalized spacial score (nSPS) is 17.7. The van der Waals surface area contributed by atoms with Gasteiger partial charge in [-0.15, -0.1) is 0 Å². The number of hydrazone groups is 1. The standard InChI is InChI=1S/C17H25N3O3S/c1-4-13(2)14(3)18-19-17(21)15-8-7-9-16(12-15)24(22,23)20-10-5-6-11-20/h7-9,12-13H,4-6,10-11H2,1-3H3,(H,19,21)/b18-14-/t13-/m0/s1. The molecule has 1 aromatic rings. The van der Waals surface area contributed by atoms with Gasteiger partial charge in [-0.1, -0.05) is 19.9 Å². The number of nitrogens with zero attached hydrogens (tertiary/aromatic N) is 2. The molecule has 132 valence electrons. The lowest BCUT2D eigenvalue weighted by molar-refractivity contribution is 0.0954. The van der Waals surface area contributed by atoms with E-state index < -0.39 is 15.9 Å². The van der Waals surface area contributed by atoms with Crippen molar-refractivity contribution in [2.24, 2.45) is 11.0 Å². The highest BCUT2D eigenvalue weighted by Crippen LogP contribution is 2.21. The number of sulfonamides is 1. The molecular weight excluding hydrogens is 326 g/mol. The van der Waals surface area contributed by atoms with Crippen molar-refractivity contribution in [3.63, 3.8) is 0 Å². The summed E-state index contributed by atoms with van der Waals surface area (Å²) in [5, 5.41) is 4.10. The molecule has 6 nitrogen and oxygen atoms in total. The lowest BCUT2D eigenvalue weighted by Crippen LogP contribution is -2.28. The van der Waals surface area contributed by atoms with Gasteiger partial charge in [-0.3, -0.25) is 4.79 Å². The zero-order chi connectivity index (χ0) is 17.7. The number of hydrogen-bond donors (Lipinski definition) is 1. The molecule has 2 rings (SSSR count). The lowest BCUT2D eigenvalue weighted by Gasteiger charge is -2.15. The largest absolute Gasteiger partial charge is 0.271 e. The fraction of sp³-hybridized carbons (Fsp3) is 0.529. The molecule has 1 amide bonds. The van der Waals surface area contributed by atoms with Crippen LogP contribution in [0.2, 0.25) is 0 Å². The predicted molar refractivity (Wildman–Crippen MR) is 94.5 cm³/mol. The monoisotopic (exact) mass is 351 g/mol. The molecule has 0 radical (unpaired) electrons. The van der Waals surface area contributed by atoms with E-state index in [4.69, 9.17) is 0 Å². The first-order valence-electron chi connectivity index (χ1n) is 8.31. The van der Waals surface area contributed by atoms with Crippen molar-refractivity contribution in [2.45, 2.75) is 44.9 Å². The van der Waals surface area contributed by atoms with Crippen LogP contribution in [0.1, 0.15) is 50.4 Å². The van der Waals surface area contributed by atoms with Crippen molar-refractivity contribution in [1.29, 1.82) is 0 Å². The third-order valence-corrected chi connectivity index (χ3v) is 6.35. The van der Waals surface area contributed by atoms with Crippen molar-refractivity contribution in [1.82, 2.24) is 9.73 Å². The van der Waals surface area contributed by atoms with E-state index in [9.17, 15) is 13.2 Å². The second-order valence-corrected chi connectivity index (χ2v) is 8.08. The zero-order valence-corrected chi connectivity index (χ0v) is 15.3. The zero-order valence-electron chi connectivity index (χ0n) is 14.4. The van der Waals surface area contributed by atoms with Crippen molar-refractivity contribution in [3.05, 3.63) is 29.8 Å². The summed E-state index contributed by atoms with van der Waals surface area (Å²) in [6.07, 6.45) is 2.70. The Morgan fingerprint density at radius 2 is 2.00 bits per heavy atom. The van der Waals surface area contributed by atoms with Crippen LogP contribution in [0.4, 0.5) is 0 Å². The molecule has 1 aliphatic heterocycles. The minimum Gasteiger partial charge on any atom is -0.267 e. The Labute approximate surface area is 144 Å². The number of hydrogen-bond acceptors (Lipinski definition) is 4. The molecule has 1 aromatic carbocycles. The minimum absolute atomic E-state index is 0.152. The fourth-order valence-electron chi connectivity index (χ4n) is 2.48. The molecule has 1 N–H and O–H groups in total. The van der Waals surface area contributed by atoms with Crippen LogP contribution in [0.5, 0.6) is 0 Å². The van der Waals surface area contributed by atoms with Gasteiger partial charge in [0.15, 0.2) is 0 Å². The Morgan fingerprint density at radius 3 is 2.62 bits per heavy atom. The van der Waals surface area contributed by atoms with Crippen LogP contribution in [0, 0.1) is 5.92 Å². The van der Waals surface area contributed by atoms with E-state index >= 15 is 0 Å². The number of rotatable bonds is 6. The highest BCUT2D eigenvalue weighted by Gasteiger charge is 2.27.